The monoisotopic (exact) mass is 327 g/mol. The highest BCUT2D eigenvalue weighted by Gasteiger charge is 2.04. The number of hydrogen-bond donors (Lipinski definition) is 1. The summed E-state index contributed by atoms with van der Waals surface area (Å²) >= 11 is 3.51. The highest BCUT2D eigenvalue weighted by molar-refractivity contribution is 9.10. The molecule has 0 fully saturated rings. The molecular formula is C17H14BrNO. The van der Waals surface area contributed by atoms with E-state index in [1.54, 1.807) is 0 Å². The van der Waals surface area contributed by atoms with Crippen LogP contribution in [0.25, 0.3) is 10.8 Å². The van der Waals surface area contributed by atoms with Gasteiger partial charge in [0.15, 0.2) is 0 Å². The van der Waals surface area contributed by atoms with Crippen LogP contribution in [0.5, 0.6) is 5.75 Å². The van der Waals surface area contributed by atoms with Crippen molar-refractivity contribution in [3.63, 3.8) is 0 Å². The number of fused-ring (bicyclic) bond motifs is 1. The molecule has 0 atom stereocenters. The molecule has 3 aromatic carbocycles. The fraction of sp³-hybridized carbons (Fsp3) is 0.0588. The molecule has 0 aromatic heterocycles. The van der Waals surface area contributed by atoms with E-state index in [1.165, 1.54) is 5.39 Å². The van der Waals surface area contributed by atoms with Crippen molar-refractivity contribution in [2.24, 2.45) is 0 Å². The normalized spacial score (nSPS) is 10.7. The van der Waals surface area contributed by atoms with Crippen LogP contribution in [0.3, 0.4) is 0 Å². The van der Waals surface area contributed by atoms with Crippen LogP contribution in [0.2, 0.25) is 0 Å². The molecule has 0 aliphatic rings. The molecule has 2 nitrogen and oxygen atoms in total. The summed E-state index contributed by atoms with van der Waals surface area (Å²) in [5.41, 5.74) is 7.56. The molecule has 0 saturated heterocycles. The quantitative estimate of drug-likeness (QED) is 0.703. The summed E-state index contributed by atoms with van der Waals surface area (Å²) in [4.78, 5) is 0. The van der Waals surface area contributed by atoms with Gasteiger partial charge >= 0.3 is 0 Å². The van der Waals surface area contributed by atoms with Crippen molar-refractivity contribution in [1.29, 1.82) is 0 Å². The summed E-state index contributed by atoms with van der Waals surface area (Å²) in [6.07, 6.45) is 0. The van der Waals surface area contributed by atoms with E-state index in [1.807, 2.05) is 42.5 Å². The average Bonchev–Trinajstić information content (AvgIpc) is 2.46. The molecule has 0 aliphatic carbocycles. The lowest BCUT2D eigenvalue weighted by Crippen LogP contribution is -1.98. The van der Waals surface area contributed by atoms with Crippen LogP contribution < -0.4 is 10.5 Å². The van der Waals surface area contributed by atoms with E-state index in [0.29, 0.717) is 6.61 Å². The van der Waals surface area contributed by atoms with Gasteiger partial charge in [0.1, 0.15) is 12.4 Å². The van der Waals surface area contributed by atoms with Crippen LogP contribution in [-0.4, -0.2) is 0 Å². The average molecular weight is 328 g/mol. The minimum Gasteiger partial charge on any atom is -0.488 e. The van der Waals surface area contributed by atoms with Crippen molar-refractivity contribution < 1.29 is 4.74 Å². The first-order valence-corrected chi connectivity index (χ1v) is 7.18. The number of hydrogen-bond acceptors (Lipinski definition) is 2. The summed E-state index contributed by atoms with van der Waals surface area (Å²) in [5.74, 6) is 0.895. The second-order valence-electron chi connectivity index (χ2n) is 4.62. The number of nitrogen functional groups attached to an aromatic ring is 1. The maximum absolute atomic E-state index is 5.96. The first-order valence-electron chi connectivity index (χ1n) is 6.38. The molecule has 3 rings (SSSR count). The van der Waals surface area contributed by atoms with Gasteiger partial charge in [-0.2, -0.15) is 0 Å². The fourth-order valence-corrected chi connectivity index (χ4v) is 2.67. The lowest BCUT2D eigenvalue weighted by Gasteiger charge is -2.11. The van der Waals surface area contributed by atoms with Gasteiger partial charge in [0.2, 0.25) is 0 Å². The lowest BCUT2D eigenvalue weighted by molar-refractivity contribution is 0.309. The Morgan fingerprint density at radius 3 is 2.60 bits per heavy atom. The maximum Gasteiger partial charge on any atom is 0.127 e. The predicted molar refractivity (Wildman–Crippen MR) is 86.8 cm³/mol. The van der Waals surface area contributed by atoms with Gasteiger partial charge in [0.05, 0.1) is 0 Å². The van der Waals surface area contributed by atoms with Gasteiger partial charge < -0.3 is 10.5 Å². The molecule has 0 spiro atoms. The second-order valence-corrected chi connectivity index (χ2v) is 5.47. The van der Waals surface area contributed by atoms with Crippen molar-refractivity contribution in [1.82, 2.24) is 0 Å². The van der Waals surface area contributed by atoms with E-state index < -0.39 is 0 Å². The van der Waals surface area contributed by atoms with Crippen molar-refractivity contribution in [3.05, 3.63) is 70.7 Å². The number of rotatable bonds is 3. The molecule has 0 aliphatic heterocycles. The van der Waals surface area contributed by atoms with Gasteiger partial charge in [-0.05, 0) is 23.6 Å². The third-order valence-corrected chi connectivity index (χ3v) is 3.95. The molecule has 20 heavy (non-hydrogen) atoms. The smallest absolute Gasteiger partial charge is 0.127 e. The van der Waals surface area contributed by atoms with Gasteiger partial charge in [0, 0.05) is 21.1 Å². The topological polar surface area (TPSA) is 35.2 Å². The summed E-state index contributed by atoms with van der Waals surface area (Å²) < 4.78 is 6.93. The molecule has 3 aromatic rings. The zero-order valence-corrected chi connectivity index (χ0v) is 12.4. The van der Waals surface area contributed by atoms with E-state index >= 15 is 0 Å². The minimum absolute atomic E-state index is 0.509. The molecule has 0 heterocycles. The van der Waals surface area contributed by atoms with Crippen LogP contribution in [-0.2, 0) is 6.61 Å². The Bertz CT molecular complexity index is 750. The molecule has 3 heteroatoms. The SMILES string of the molecule is Nc1ccc(COc2cccc3ccccc23)c(Br)c1. The van der Waals surface area contributed by atoms with E-state index in [9.17, 15) is 0 Å². The number of ether oxygens (including phenoxy) is 1. The van der Waals surface area contributed by atoms with Gasteiger partial charge in [-0.25, -0.2) is 0 Å². The second kappa shape index (κ2) is 5.55. The van der Waals surface area contributed by atoms with E-state index in [2.05, 4.69) is 34.1 Å². The highest BCUT2D eigenvalue weighted by Crippen LogP contribution is 2.27. The molecule has 0 amide bonds. The number of benzene rings is 3. The number of anilines is 1. The van der Waals surface area contributed by atoms with Gasteiger partial charge in [-0.15, -0.1) is 0 Å². The molecule has 100 valence electrons. The molecule has 0 bridgehead atoms. The van der Waals surface area contributed by atoms with Gasteiger partial charge in [-0.1, -0.05) is 58.4 Å². The van der Waals surface area contributed by atoms with E-state index in [0.717, 1.165) is 26.9 Å². The maximum atomic E-state index is 5.96. The first kappa shape index (κ1) is 13.0. The Kier molecular flexibility index (Phi) is 3.61. The van der Waals surface area contributed by atoms with Crippen molar-refractivity contribution in [2.75, 3.05) is 5.73 Å². The van der Waals surface area contributed by atoms with E-state index in [-0.39, 0.29) is 0 Å². The summed E-state index contributed by atoms with van der Waals surface area (Å²) in [6.45, 7) is 0.509. The third-order valence-electron chi connectivity index (χ3n) is 3.21. The molecular weight excluding hydrogens is 314 g/mol. The van der Waals surface area contributed by atoms with Crippen LogP contribution in [0.1, 0.15) is 5.56 Å². The Labute approximate surface area is 126 Å². The van der Waals surface area contributed by atoms with Crippen LogP contribution in [0.15, 0.2) is 65.1 Å². The molecule has 0 saturated carbocycles. The molecule has 2 N–H and O–H groups in total. The van der Waals surface area contributed by atoms with Crippen molar-refractivity contribution in [2.45, 2.75) is 6.61 Å². The first-order chi connectivity index (χ1) is 9.74. The number of halogens is 1. The Balaban J connectivity index is 1.87. The lowest BCUT2D eigenvalue weighted by atomic mass is 10.1. The standard InChI is InChI=1S/C17H14BrNO/c18-16-10-14(19)9-8-13(16)11-20-17-7-3-5-12-4-1-2-6-15(12)17/h1-10H,11,19H2. The number of nitrogens with two attached hydrogens (primary N) is 1. The van der Waals surface area contributed by atoms with Crippen LogP contribution in [0, 0.1) is 0 Å². The predicted octanol–water partition coefficient (Wildman–Crippen LogP) is 4.76. The Morgan fingerprint density at radius 1 is 0.950 bits per heavy atom. The van der Waals surface area contributed by atoms with Crippen LogP contribution in [0.4, 0.5) is 5.69 Å². The van der Waals surface area contributed by atoms with Gasteiger partial charge in [0.25, 0.3) is 0 Å². The zero-order valence-electron chi connectivity index (χ0n) is 10.8. The van der Waals surface area contributed by atoms with Crippen molar-refractivity contribution >= 4 is 32.4 Å². The Hall–Kier alpha value is -2.00. The minimum atomic E-state index is 0.509. The highest BCUT2D eigenvalue weighted by atomic mass is 79.9. The fourth-order valence-electron chi connectivity index (χ4n) is 2.16. The summed E-state index contributed by atoms with van der Waals surface area (Å²) in [5, 5.41) is 2.31. The third kappa shape index (κ3) is 2.63. The van der Waals surface area contributed by atoms with Crippen LogP contribution >= 0.6 is 15.9 Å². The molecule has 0 unspecified atom stereocenters. The summed E-state index contributed by atoms with van der Waals surface area (Å²) in [7, 11) is 0. The summed E-state index contributed by atoms with van der Waals surface area (Å²) in [6, 6.07) is 20.0. The Morgan fingerprint density at radius 2 is 1.75 bits per heavy atom. The van der Waals surface area contributed by atoms with Crippen molar-refractivity contribution in [3.8, 4) is 5.75 Å². The van der Waals surface area contributed by atoms with Gasteiger partial charge in [-0.3, -0.25) is 0 Å². The largest absolute Gasteiger partial charge is 0.488 e. The molecule has 0 radical (unpaired) electrons. The van der Waals surface area contributed by atoms with E-state index in [4.69, 9.17) is 10.5 Å². The zero-order chi connectivity index (χ0) is 13.9.